The molecule has 0 aliphatic carbocycles. The van der Waals surface area contributed by atoms with Crippen LogP contribution in [0.1, 0.15) is 35.3 Å². The molecular formula is C26H23N2O4+. The van der Waals surface area contributed by atoms with Crippen LogP contribution in [-0.4, -0.2) is 33.6 Å². The lowest BCUT2D eigenvalue weighted by atomic mass is 9.98. The van der Waals surface area contributed by atoms with Gasteiger partial charge in [0.15, 0.2) is 5.78 Å². The third kappa shape index (κ3) is 3.71. The topological polar surface area (TPSA) is 68.4 Å². The van der Waals surface area contributed by atoms with Gasteiger partial charge >= 0.3 is 5.97 Å². The van der Waals surface area contributed by atoms with E-state index in [0.717, 1.165) is 44.9 Å². The van der Waals surface area contributed by atoms with Gasteiger partial charge < -0.3 is 4.57 Å². The number of aromatic nitrogens is 1. The molecule has 32 heavy (non-hydrogen) atoms. The predicted octanol–water partition coefficient (Wildman–Crippen LogP) is 4.75. The summed E-state index contributed by atoms with van der Waals surface area (Å²) in [4.78, 5) is 40.9. The highest BCUT2D eigenvalue weighted by Crippen LogP contribution is 2.33. The van der Waals surface area contributed by atoms with Gasteiger partial charge in [0, 0.05) is 63.3 Å². The zero-order valence-corrected chi connectivity index (χ0v) is 18.2. The number of rotatable bonds is 6. The number of aryl methyl sites for hydroxylation is 2. The summed E-state index contributed by atoms with van der Waals surface area (Å²) in [5, 5.41) is 1.81. The van der Waals surface area contributed by atoms with Crippen molar-refractivity contribution < 1.29 is 24.0 Å². The van der Waals surface area contributed by atoms with Crippen molar-refractivity contribution >= 4 is 51.7 Å². The fraction of sp³-hybridized carbons (Fsp3) is 0.154. The zero-order chi connectivity index (χ0) is 22.8. The second kappa shape index (κ2) is 8.59. The van der Waals surface area contributed by atoms with Crippen LogP contribution in [-0.2, 0) is 21.0 Å². The number of carbonyl (C=O) groups excluding carboxylic acids is 3. The van der Waals surface area contributed by atoms with Crippen molar-refractivity contribution in [1.29, 1.82) is 0 Å². The molecule has 0 aliphatic rings. The lowest BCUT2D eigenvalue weighted by molar-refractivity contribution is -0.695. The molecule has 6 heteroatoms. The second-order valence-corrected chi connectivity index (χ2v) is 7.52. The maximum atomic E-state index is 13.2. The summed E-state index contributed by atoms with van der Waals surface area (Å²) in [5.74, 6) is -0.570. The SMILES string of the molecule is CCn1c2ccc(C(=O)c3ccccc3C)cc2c2cc([N+](=CC=O)OC(C)=O)ccc21. The van der Waals surface area contributed by atoms with Gasteiger partial charge in [0.25, 0.3) is 11.9 Å². The fourth-order valence-electron chi connectivity index (χ4n) is 4.06. The zero-order valence-electron chi connectivity index (χ0n) is 18.2. The van der Waals surface area contributed by atoms with Crippen molar-refractivity contribution in [3.63, 3.8) is 0 Å². The van der Waals surface area contributed by atoms with E-state index in [1.54, 1.807) is 6.07 Å². The fourth-order valence-corrected chi connectivity index (χ4v) is 4.06. The first-order valence-corrected chi connectivity index (χ1v) is 10.4. The molecule has 0 radical (unpaired) electrons. The van der Waals surface area contributed by atoms with Gasteiger partial charge in [-0.05, 0) is 43.7 Å². The van der Waals surface area contributed by atoms with Gasteiger partial charge in [-0.2, -0.15) is 4.84 Å². The van der Waals surface area contributed by atoms with Gasteiger partial charge in [0.2, 0.25) is 6.29 Å². The number of fused-ring (bicyclic) bond motifs is 3. The monoisotopic (exact) mass is 427 g/mol. The smallest absolute Gasteiger partial charge is 0.341 e. The number of hydrogen-bond acceptors (Lipinski definition) is 4. The van der Waals surface area contributed by atoms with Crippen LogP contribution in [0.3, 0.4) is 0 Å². The summed E-state index contributed by atoms with van der Waals surface area (Å²) in [6.45, 7) is 6.01. The average Bonchev–Trinajstić information content (AvgIpc) is 3.10. The van der Waals surface area contributed by atoms with E-state index in [9.17, 15) is 14.4 Å². The summed E-state index contributed by atoms with van der Waals surface area (Å²) in [7, 11) is 0. The van der Waals surface area contributed by atoms with Crippen molar-refractivity contribution in [2.24, 2.45) is 0 Å². The van der Waals surface area contributed by atoms with Crippen LogP contribution >= 0.6 is 0 Å². The summed E-state index contributed by atoms with van der Waals surface area (Å²) < 4.78 is 3.31. The Bertz CT molecular complexity index is 1410. The number of hydrogen-bond donors (Lipinski definition) is 0. The maximum Gasteiger partial charge on any atom is 0.377 e. The molecular weight excluding hydrogens is 404 g/mol. The molecule has 6 nitrogen and oxygen atoms in total. The second-order valence-electron chi connectivity index (χ2n) is 7.52. The average molecular weight is 427 g/mol. The Morgan fingerprint density at radius 2 is 1.69 bits per heavy atom. The van der Waals surface area contributed by atoms with Crippen LogP contribution in [0.15, 0.2) is 60.7 Å². The molecule has 1 aromatic heterocycles. The molecule has 4 aromatic rings. The van der Waals surface area contributed by atoms with Crippen molar-refractivity contribution in [1.82, 2.24) is 4.57 Å². The van der Waals surface area contributed by atoms with Gasteiger partial charge in [0.1, 0.15) is 0 Å². The molecule has 160 valence electrons. The van der Waals surface area contributed by atoms with Gasteiger partial charge in [-0.3, -0.25) is 9.59 Å². The number of aldehydes is 1. The first-order chi connectivity index (χ1) is 15.4. The van der Waals surface area contributed by atoms with Gasteiger partial charge in [-0.15, -0.1) is 0 Å². The summed E-state index contributed by atoms with van der Waals surface area (Å²) in [6, 6.07) is 18.8. The lowest BCUT2D eigenvalue weighted by Crippen LogP contribution is -2.13. The van der Waals surface area contributed by atoms with Crippen molar-refractivity contribution in [3.05, 3.63) is 77.4 Å². The number of ketones is 1. The van der Waals surface area contributed by atoms with Crippen LogP contribution in [0.4, 0.5) is 5.69 Å². The Kier molecular flexibility index (Phi) is 5.69. The van der Waals surface area contributed by atoms with Crippen LogP contribution in [0, 0.1) is 6.92 Å². The largest absolute Gasteiger partial charge is 0.377 e. The molecule has 0 aliphatic heterocycles. The minimum absolute atomic E-state index is 0.0330. The minimum Gasteiger partial charge on any atom is -0.341 e. The van der Waals surface area contributed by atoms with Crippen LogP contribution in [0.25, 0.3) is 21.8 Å². The quantitative estimate of drug-likeness (QED) is 0.111. The van der Waals surface area contributed by atoms with Crippen LogP contribution < -0.4 is 0 Å². The standard InChI is InChI=1S/C26H23N2O4/c1-4-27-24-11-9-19(26(31)21-8-6-5-7-17(21)2)15-22(24)23-16-20(10-12-25(23)27)28(13-14-29)32-18(3)30/h5-16H,4H2,1-3H3/q+1. The number of benzene rings is 3. The van der Waals surface area contributed by atoms with E-state index in [-0.39, 0.29) is 5.78 Å². The molecule has 0 fully saturated rings. The summed E-state index contributed by atoms with van der Waals surface area (Å²) >= 11 is 0. The van der Waals surface area contributed by atoms with E-state index in [2.05, 4.69) is 11.5 Å². The molecule has 4 rings (SSSR count). The highest BCUT2D eigenvalue weighted by molar-refractivity contribution is 6.15. The lowest BCUT2D eigenvalue weighted by Gasteiger charge is -2.06. The van der Waals surface area contributed by atoms with Crippen molar-refractivity contribution in [2.45, 2.75) is 27.3 Å². The first kappa shape index (κ1) is 21.2. The summed E-state index contributed by atoms with van der Waals surface area (Å²) in [5.41, 5.74) is 4.72. The normalized spacial score (nSPS) is 11.7. The van der Waals surface area contributed by atoms with E-state index < -0.39 is 5.97 Å². The van der Waals surface area contributed by atoms with Crippen molar-refractivity contribution in [2.75, 3.05) is 0 Å². The number of nitrogens with zero attached hydrogens (tertiary/aromatic N) is 2. The minimum atomic E-state index is -0.537. The van der Waals surface area contributed by atoms with E-state index in [0.29, 0.717) is 23.1 Å². The molecule has 1 heterocycles. The van der Waals surface area contributed by atoms with Crippen molar-refractivity contribution in [3.8, 4) is 0 Å². The van der Waals surface area contributed by atoms with Crippen LogP contribution in [0.5, 0.6) is 0 Å². The molecule has 0 saturated heterocycles. The Morgan fingerprint density at radius 3 is 2.34 bits per heavy atom. The molecule has 0 N–H and O–H groups in total. The predicted molar refractivity (Wildman–Crippen MR) is 124 cm³/mol. The molecule has 3 aromatic carbocycles. The Hall–Kier alpha value is -4.06. The molecule has 0 unspecified atom stereocenters. The summed E-state index contributed by atoms with van der Waals surface area (Å²) in [6.07, 6.45) is 1.70. The highest BCUT2D eigenvalue weighted by atomic mass is 16.7. The highest BCUT2D eigenvalue weighted by Gasteiger charge is 2.20. The van der Waals surface area contributed by atoms with Gasteiger partial charge in [-0.25, -0.2) is 4.79 Å². The third-order valence-corrected chi connectivity index (χ3v) is 5.49. The Balaban J connectivity index is 1.92. The third-order valence-electron chi connectivity index (χ3n) is 5.49. The first-order valence-electron chi connectivity index (χ1n) is 10.4. The van der Waals surface area contributed by atoms with E-state index in [4.69, 9.17) is 4.84 Å². The van der Waals surface area contributed by atoms with E-state index in [1.807, 2.05) is 61.5 Å². The van der Waals surface area contributed by atoms with Gasteiger partial charge in [-0.1, -0.05) is 24.3 Å². The van der Waals surface area contributed by atoms with E-state index in [1.165, 1.54) is 6.92 Å². The molecule has 0 spiro atoms. The van der Waals surface area contributed by atoms with Crippen LogP contribution in [0.2, 0.25) is 0 Å². The Morgan fingerprint density at radius 1 is 1.00 bits per heavy atom. The molecule has 0 amide bonds. The van der Waals surface area contributed by atoms with E-state index >= 15 is 0 Å². The maximum absolute atomic E-state index is 13.2. The molecule has 0 saturated carbocycles. The number of carbonyl (C=O) groups is 3. The Labute approximate surface area is 185 Å². The molecule has 0 bridgehead atoms. The van der Waals surface area contributed by atoms with Gasteiger partial charge in [0.05, 0.1) is 0 Å². The molecule has 0 atom stereocenters.